The zero-order valence-electron chi connectivity index (χ0n) is 72.9. The minimum atomic E-state index is -2.44. The van der Waals surface area contributed by atoms with Gasteiger partial charge in [0.1, 0.15) is 28.2 Å². The van der Waals surface area contributed by atoms with Crippen molar-refractivity contribution in [2.45, 2.75) is 95.5 Å². The first-order chi connectivity index (χ1) is 52.8. The molecule has 0 saturated heterocycles. The summed E-state index contributed by atoms with van der Waals surface area (Å²) in [4.78, 5) is 17.1. The topological polar surface area (TPSA) is 120 Å². The monoisotopic (exact) mass is 1260 g/mol. The smallest absolute Gasteiger partial charge is 0.227 e. The van der Waals surface area contributed by atoms with Gasteiger partial charge >= 0.3 is 0 Å². The molecule has 0 fully saturated rings. The van der Waals surface area contributed by atoms with Crippen molar-refractivity contribution in [1.82, 2.24) is 19.9 Å². The largest absolute Gasteiger partial charge is 0.437 e. The Morgan fingerprint density at radius 1 is 0.362 bits per heavy atom. The molecule has 1 atom stereocenters. The zero-order valence-corrected chi connectivity index (χ0v) is 53.9. The first-order valence-corrected chi connectivity index (χ1v) is 30.5. The molecule has 16 rings (SSSR count). The van der Waals surface area contributed by atoms with Crippen LogP contribution in [0.2, 0.25) is 0 Å². The van der Waals surface area contributed by atoms with Crippen LogP contribution in [-0.2, 0) is 28.2 Å². The molecule has 0 aliphatic heterocycles. The minimum absolute atomic E-state index is 0.210. The summed E-state index contributed by atoms with van der Waals surface area (Å²) in [6, 6.07) is 36.8. The van der Waals surface area contributed by atoms with Crippen molar-refractivity contribution in [1.29, 1.82) is 0 Å². The number of furan rings is 4. The average Bonchev–Trinajstić information content (AvgIpc) is 1.62. The third kappa shape index (κ3) is 11.1. The number of hydrogen-bond acceptors (Lipinski definition) is 8. The van der Waals surface area contributed by atoms with Crippen LogP contribution in [-0.4, -0.2) is 19.9 Å². The maximum Gasteiger partial charge on any atom is 0.227 e. The van der Waals surface area contributed by atoms with E-state index in [2.05, 4.69) is 26.0 Å². The van der Waals surface area contributed by atoms with Crippen LogP contribution in [0.25, 0.3) is 133 Å². The number of nitrogens with zero attached hydrogens (tertiary/aromatic N) is 8. The van der Waals surface area contributed by atoms with Crippen molar-refractivity contribution >= 4 is 88.3 Å². The van der Waals surface area contributed by atoms with Crippen LogP contribution in [0.3, 0.4) is 0 Å². The fourth-order valence-corrected chi connectivity index (χ4v) is 12.6. The van der Waals surface area contributed by atoms with Crippen LogP contribution in [0.1, 0.15) is 112 Å². The van der Waals surface area contributed by atoms with E-state index in [0.29, 0.717) is 83.4 Å². The first kappa shape index (κ1) is 43.2. The second kappa shape index (κ2) is 24.7. The van der Waals surface area contributed by atoms with Gasteiger partial charge in [0.15, 0.2) is 47.1 Å². The zero-order chi connectivity index (χ0) is 82.0. The molecule has 0 N–H and O–H groups in total. The molecule has 0 bridgehead atoms. The molecule has 1 unspecified atom stereocenters. The lowest BCUT2D eigenvalue weighted by Gasteiger charge is -2.09. The molecular weight excluding hydrogens is 1160 g/mol. The summed E-state index contributed by atoms with van der Waals surface area (Å²) < 4.78 is 181. The Balaban J connectivity index is 0.000000132. The molecule has 12 heterocycles. The summed E-state index contributed by atoms with van der Waals surface area (Å²) in [7, 11) is 7.29. The van der Waals surface area contributed by atoms with E-state index in [1.807, 2.05) is 106 Å². The van der Waals surface area contributed by atoms with Crippen molar-refractivity contribution in [2.24, 2.45) is 28.2 Å². The van der Waals surface area contributed by atoms with E-state index in [1.165, 1.54) is 6.92 Å². The summed E-state index contributed by atoms with van der Waals surface area (Å²) in [5, 5.41) is 6.16. The van der Waals surface area contributed by atoms with E-state index in [4.69, 9.17) is 43.7 Å². The fraction of sp³-hybridized carbons (Fsp3) is 0.220. The van der Waals surface area contributed by atoms with Gasteiger partial charge in [-0.2, -0.15) is 0 Å². The highest BCUT2D eigenvalue weighted by molar-refractivity contribution is 6.13. The third-order valence-electron chi connectivity index (χ3n) is 17.4. The molecule has 12 nitrogen and oxygen atoms in total. The number of aryl methyl sites for hydroxylation is 15. The second-order valence-corrected chi connectivity index (χ2v) is 23.9. The maximum atomic E-state index is 8.45. The lowest BCUT2D eigenvalue weighted by Crippen LogP contribution is -2.31. The van der Waals surface area contributed by atoms with E-state index < -0.39 is 47.0 Å². The summed E-state index contributed by atoms with van der Waals surface area (Å²) in [5.74, 6) is -1.72. The van der Waals surface area contributed by atoms with Crippen molar-refractivity contribution in [3.05, 3.63) is 238 Å². The Labute approximate surface area is 574 Å². The van der Waals surface area contributed by atoms with Gasteiger partial charge in [0.25, 0.3) is 0 Å². The Hall–Kier alpha value is -10.7. The highest BCUT2D eigenvalue weighted by Gasteiger charge is 2.27. The van der Waals surface area contributed by atoms with E-state index >= 15 is 0 Å². The molecule has 94 heavy (non-hydrogen) atoms. The molecule has 0 saturated carbocycles. The maximum absolute atomic E-state index is 8.45. The van der Waals surface area contributed by atoms with E-state index in [-0.39, 0.29) is 22.3 Å². The molecule has 0 aliphatic rings. The van der Waals surface area contributed by atoms with Crippen LogP contribution in [0.5, 0.6) is 0 Å². The minimum Gasteiger partial charge on any atom is -0.437 e. The normalized spacial score (nSPS) is 16.0. The quantitative estimate of drug-likeness (QED) is 0.156. The summed E-state index contributed by atoms with van der Waals surface area (Å²) >= 11 is 0. The van der Waals surface area contributed by atoms with Crippen molar-refractivity contribution in [3.8, 4) is 45.0 Å². The van der Waals surface area contributed by atoms with E-state index in [9.17, 15) is 0 Å². The van der Waals surface area contributed by atoms with Gasteiger partial charge < -0.3 is 17.7 Å². The predicted octanol–water partition coefficient (Wildman–Crippen LogP) is 18.4. The molecule has 0 spiro atoms. The Morgan fingerprint density at radius 2 is 0.777 bits per heavy atom. The molecule has 4 aromatic carbocycles. The Kier molecular flexibility index (Phi) is 11.4. The Bertz CT molecular complexity index is 6480. The second-order valence-electron chi connectivity index (χ2n) is 23.9. The van der Waals surface area contributed by atoms with Gasteiger partial charge in [0, 0.05) is 141 Å². The lowest BCUT2D eigenvalue weighted by molar-refractivity contribution is -0.660. The molecule has 0 aliphatic carbocycles. The molecule has 16 aromatic rings. The van der Waals surface area contributed by atoms with Crippen molar-refractivity contribution in [2.75, 3.05) is 0 Å². The van der Waals surface area contributed by atoms with Gasteiger partial charge in [0.05, 0.1) is 22.3 Å². The first-order valence-electron chi connectivity index (χ1n) is 40.0. The standard InChI is InChI=1S/2C21H21N2O.2C20H19N2O/c1-12-10-17(23(5)11-15(12)4)19-14(3)9-13(2)18-16-7-6-8-22-21(16)24-20(18)19;1-13(2)15-9-11-23(4)18(12-15)19-14(3)7-8-16-17-6-5-10-22-21(17)24-20(16)19;1-12-7-8-15-16-6-5-9-21-20(16)23-19(15)18(12)17-10-13(2)14(3)11-22(17)4;1-12-7-8-16(22(4)11-12)18-14(3)10-13(2)17-15-6-5-9-21-20(15)23-19(17)18/h6-11H,1-5H3;5-13H,1-4H3;2*5-11H,1-4H3/q4*+1/i2D3,4D3;1D3,13D;3D3;1D3,2D3. The van der Waals surface area contributed by atoms with Crippen LogP contribution in [0.15, 0.2) is 189 Å². The number of rotatable bonds is 5. The molecule has 468 valence electrons. The van der Waals surface area contributed by atoms with Gasteiger partial charge in [-0.15, -0.1) is 0 Å². The highest BCUT2D eigenvalue weighted by Crippen LogP contribution is 2.42. The van der Waals surface area contributed by atoms with E-state index in [0.717, 1.165) is 94.4 Å². The van der Waals surface area contributed by atoms with Gasteiger partial charge in [-0.1, -0.05) is 50.2 Å². The molecule has 0 amide bonds. The number of fused-ring (bicyclic) bond motifs is 12. The molecule has 12 aromatic heterocycles. The fourth-order valence-electron chi connectivity index (χ4n) is 12.6. The van der Waals surface area contributed by atoms with Crippen molar-refractivity contribution < 1.29 is 62.0 Å². The number of pyridine rings is 8. The number of aromatic nitrogens is 8. The molecule has 12 heteroatoms. The van der Waals surface area contributed by atoms with Crippen LogP contribution in [0.4, 0.5) is 0 Å². The molecule has 0 radical (unpaired) electrons. The molecular formula is C82H80N8O4+4. The summed E-state index contributed by atoms with van der Waals surface area (Å²) in [6.45, 7) is -0.951. The third-order valence-corrected chi connectivity index (χ3v) is 17.4. The summed E-state index contributed by atoms with van der Waals surface area (Å²) in [5.41, 5.74) is 17.3. The SMILES string of the molecule is [2H]C([2H])([2H])C([2H])(C)c1cc[n+](C)c(-c2c(C)ccc3c2oc2ncccc23)c1.[2H]C([2H])([2H])c1c[n+](C)c(-c2c(C)cc(C([2H])([2H])[2H])c3c2oc2ncccc23)cc1C.[2H]C([2H])([2H])c1c[n+](C)c(-c2c(C)ccc3c2oc2ncccc23)cc1C.[2H]C([2H])([2H])c1ccc(-c2c(C)cc(C([2H])([2H])[2H])c3c2oc2ncccc23)[n+](C)c1. The van der Waals surface area contributed by atoms with Gasteiger partial charge in [-0.3, -0.25) is 0 Å². The number of hydrogen-bond donors (Lipinski definition) is 0. The highest BCUT2D eigenvalue weighted by atomic mass is 16.4. The van der Waals surface area contributed by atoms with Crippen LogP contribution >= 0.6 is 0 Å². The van der Waals surface area contributed by atoms with E-state index in [1.54, 1.807) is 146 Å². The van der Waals surface area contributed by atoms with Gasteiger partial charge in [0.2, 0.25) is 45.6 Å². The van der Waals surface area contributed by atoms with Gasteiger partial charge in [-0.25, -0.2) is 38.2 Å². The number of benzene rings is 4. The summed E-state index contributed by atoms with van der Waals surface area (Å²) in [6.07, 6.45) is 13.2. The van der Waals surface area contributed by atoms with Crippen LogP contribution in [0, 0.1) is 75.8 Å². The average molecular weight is 1260 g/mol. The van der Waals surface area contributed by atoms with Crippen molar-refractivity contribution in [3.63, 3.8) is 0 Å². The van der Waals surface area contributed by atoms with Gasteiger partial charge in [-0.05, 0) is 186 Å². The Morgan fingerprint density at radius 3 is 1.22 bits per heavy atom. The predicted molar refractivity (Wildman–Crippen MR) is 379 cm³/mol. The lowest BCUT2D eigenvalue weighted by atomic mass is 9.96. The van der Waals surface area contributed by atoms with Crippen LogP contribution < -0.4 is 18.3 Å².